The number of hydrogen-bond acceptors (Lipinski definition) is 9. The van der Waals surface area contributed by atoms with Gasteiger partial charge in [-0.2, -0.15) is 0 Å². The maximum Gasteiger partial charge on any atom is 0.229 e. The molecule has 200 valence electrons. The van der Waals surface area contributed by atoms with E-state index < -0.39 is 0 Å². The van der Waals surface area contributed by atoms with Crippen molar-refractivity contribution in [3.05, 3.63) is 35.2 Å². The van der Waals surface area contributed by atoms with Gasteiger partial charge in [0.2, 0.25) is 5.95 Å². The van der Waals surface area contributed by atoms with E-state index in [1.807, 2.05) is 12.3 Å². The monoisotopic (exact) mass is 515 g/mol. The highest BCUT2D eigenvalue weighted by molar-refractivity contribution is 5.97. The fourth-order valence-electron chi connectivity index (χ4n) is 7.41. The molecule has 0 bridgehead atoms. The molecule has 2 aromatic rings. The minimum absolute atomic E-state index is 0.0757. The number of Topliss-reactive ketones (excluding diaryl/α,β-unsaturated/α-hetero) is 1. The summed E-state index contributed by atoms with van der Waals surface area (Å²) in [6.45, 7) is 5.94. The second kappa shape index (κ2) is 10.0. The maximum atomic E-state index is 12.8. The van der Waals surface area contributed by atoms with E-state index in [2.05, 4.69) is 31.2 Å². The van der Waals surface area contributed by atoms with Gasteiger partial charge in [-0.3, -0.25) is 14.7 Å². The van der Waals surface area contributed by atoms with Gasteiger partial charge in [-0.25, -0.2) is 15.0 Å². The SMILES string of the molecule is O=C1CCC2(CCCCC2)C2=c3nc(Nc4ccc(N5CCC(N6CCOCC6)CC5)cn4)ncc3=NC12. The number of ether oxygens (including phenoxy) is 1. The lowest BCUT2D eigenvalue weighted by Gasteiger charge is -2.43. The Balaban J connectivity index is 1.07. The average molecular weight is 516 g/mol. The van der Waals surface area contributed by atoms with E-state index in [0.29, 0.717) is 18.4 Å². The van der Waals surface area contributed by atoms with Crippen LogP contribution in [-0.2, 0) is 9.53 Å². The molecule has 9 heteroatoms. The Bertz CT molecular complexity index is 1310. The molecule has 5 heterocycles. The van der Waals surface area contributed by atoms with E-state index in [-0.39, 0.29) is 17.2 Å². The second-order valence-corrected chi connectivity index (χ2v) is 11.6. The van der Waals surface area contributed by atoms with Crippen molar-refractivity contribution < 1.29 is 9.53 Å². The number of nitrogens with one attached hydrogen (secondary N) is 1. The van der Waals surface area contributed by atoms with Crippen LogP contribution in [0.5, 0.6) is 0 Å². The highest BCUT2D eigenvalue weighted by Crippen LogP contribution is 2.51. The van der Waals surface area contributed by atoms with Crippen LogP contribution in [0.1, 0.15) is 57.8 Å². The molecule has 2 saturated carbocycles. The number of piperidine rings is 1. The Morgan fingerprint density at radius 3 is 2.53 bits per heavy atom. The minimum atomic E-state index is -0.355. The summed E-state index contributed by atoms with van der Waals surface area (Å²) in [4.78, 5) is 36.7. The number of morpholine rings is 1. The Morgan fingerprint density at radius 1 is 0.947 bits per heavy atom. The molecular formula is C29H37N7O2. The van der Waals surface area contributed by atoms with Crippen molar-refractivity contribution in [3.8, 4) is 0 Å². The van der Waals surface area contributed by atoms with Crippen molar-refractivity contribution in [2.75, 3.05) is 49.6 Å². The van der Waals surface area contributed by atoms with Crippen LogP contribution in [0, 0.1) is 5.41 Å². The lowest BCUT2D eigenvalue weighted by Crippen LogP contribution is -2.49. The summed E-state index contributed by atoms with van der Waals surface area (Å²) in [5.74, 6) is 1.47. The third-order valence-corrected chi connectivity index (χ3v) is 9.48. The number of fused-ring (bicyclic) bond motifs is 3. The number of aromatic nitrogens is 3. The number of carbonyl (C=O) groups excluding carboxylic acids is 1. The standard InChI is InChI=1S/C29H37N7O2/c37-23-6-11-29(9-2-1-3-10-29)25-26-22(32-27(23)25)19-31-28(34-26)33-24-5-4-21(18-30-24)35-12-7-20(8-13-35)36-14-16-38-17-15-36/h4-5,18-20,27H,1-3,6-17H2,(H,30,33,34). The smallest absolute Gasteiger partial charge is 0.229 e. The largest absolute Gasteiger partial charge is 0.379 e. The number of hydrogen-bond donors (Lipinski definition) is 1. The molecule has 1 spiro atoms. The van der Waals surface area contributed by atoms with Gasteiger partial charge in [0.25, 0.3) is 0 Å². The molecule has 1 unspecified atom stereocenters. The Kier molecular flexibility index (Phi) is 6.36. The van der Waals surface area contributed by atoms with Crippen molar-refractivity contribution in [3.63, 3.8) is 0 Å². The Hall–Kier alpha value is -2.91. The van der Waals surface area contributed by atoms with Crippen LogP contribution in [0.4, 0.5) is 17.5 Å². The predicted molar refractivity (Wildman–Crippen MR) is 145 cm³/mol. The topological polar surface area (TPSA) is 95.8 Å². The fourth-order valence-corrected chi connectivity index (χ4v) is 7.41. The van der Waals surface area contributed by atoms with Gasteiger partial charge in [0, 0.05) is 38.6 Å². The van der Waals surface area contributed by atoms with Crippen LogP contribution in [0.25, 0.3) is 5.57 Å². The van der Waals surface area contributed by atoms with Crippen LogP contribution in [-0.4, -0.2) is 77.1 Å². The van der Waals surface area contributed by atoms with Gasteiger partial charge in [-0.1, -0.05) is 19.3 Å². The first-order valence-electron chi connectivity index (χ1n) is 14.5. The summed E-state index contributed by atoms with van der Waals surface area (Å²) < 4.78 is 5.52. The molecule has 4 fully saturated rings. The van der Waals surface area contributed by atoms with Crippen LogP contribution in [0.2, 0.25) is 0 Å². The lowest BCUT2D eigenvalue weighted by molar-refractivity contribution is -0.120. The van der Waals surface area contributed by atoms with Gasteiger partial charge in [0.15, 0.2) is 5.78 Å². The summed E-state index contributed by atoms with van der Waals surface area (Å²) >= 11 is 0. The zero-order chi connectivity index (χ0) is 25.5. The summed E-state index contributed by atoms with van der Waals surface area (Å²) in [5.41, 5.74) is 2.40. The highest BCUT2D eigenvalue weighted by Gasteiger charge is 2.47. The fraction of sp³-hybridized carbons (Fsp3) is 0.621. The number of anilines is 3. The van der Waals surface area contributed by atoms with Crippen LogP contribution in [0.3, 0.4) is 0 Å². The number of nitrogens with zero attached hydrogens (tertiary/aromatic N) is 6. The molecule has 1 atom stereocenters. The Labute approximate surface area is 223 Å². The predicted octanol–water partition coefficient (Wildman–Crippen LogP) is 2.38. The summed E-state index contributed by atoms with van der Waals surface area (Å²) in [6, 6.07) is 4.45. The molecule has 2 saturated heterocycles. The summed E-state index contributed by atoms with van der Waals surface area (Å²) in [5, 5.41) is 4.94. The second-order valence-electron chi connectivity index (χ2n) is 11.6. The first kappa shape index (κ1) is 24.2. The molecule has 5 aliphatic rings. The molecule has 2 aliphatic carbocycles. The number of carbonyl (C=O) groups is 1. The van der Waals surface area contributed by atoms with E-state index in [4.69, 9.17) is 14.7 Å². The van der Waals surface area contributed by atoms with Crippen molar-refractivity contribution in [1.82, 2.24) is 19.9 Å². The van der Waals surface area contributed by atoms with Crippen LogP contribution < -0.4 is 20.9 Å². The van der Waals surface area contributed by atoms with E-state index in [0.717, 1.165) is 86.4 Å². The van der Waals surface area contributed by atoms with Crippen molar-refractivity contribution >= 4 is 28.8 Å². The third-order valence-electron chi connectivity index (χ3n) is 9.48. The lowest BCUT2D eigenvalue weighted by atomic mass is 9.61. The van der Waals surface area contributed by atoms with Crippen molar-refractivity contribution in [1.29, 1.82) is 0 Å². The molecule has 2 aromatic heterocycles. The molecule has 7 rings (SSSR count). The normalized spacial score (nSPS) is 25.7. The number of ketones is 1. The molecule has 38 heavy (non-hydrogen) atoms. The van der Waals surface area contributed by atoms with Gasteiger partial charge in [0.05, 0.1) is 36.6 Å². The van der Waals surface area contributed by atoms with E-state index >= 15 is 0 Å². The van der Waals surface area contributed by atoms with Gasteiger partial charge in [0.1, 0.15) is 17.2 Å². The summed E-state index contributed by atoms with van der Waals surface area (Å²) in [7, 11) is 0. The molecular weight excluding hydrogens is 478 g/mol. The van der Waals surface area contributed by atoms with Gasteiger partial charge >= 0.3 is 0 Å². The number of pyridine rings is 1. The van der Waals surface area contributed by atoms with Gasteiger partial charge < -0.3 is 15.0 Å². The van der Waals surface area contributed by atoms with E-state index in [1.54, 1.807) is 6.20 Å². The quantitative estimate of drug-likeness (QED) is 0.663. The first-order chi connectivity index (χ1) is 18.7. The average Bonchev–Trinajstić information content (AvgIpc) is 3.38. The third kappa shape index (κ3) is 4.39. The van der Waals surface area contributed by atoms with E-state index in [1.165, 1.54) is 32.1 Å². The van der Waals surface area contributed by atoms with E-state index in [9.17, 15) is 4.79 Å². The molecule has 0 aromatic carbocycles. The van der Waals surface area contributed by atoms with Crippen molar-refractivity contribution in [2.45, 2.75) is 69.9 Å². The first-order valence-corrected chi connectivity index (χ1v) is 14.5. The van der Waals surface area contributed by atoms with Gasteiger partial charge in [-0.15, -0.1) is 0 Å². The zero-order valence-corrected chi connectivity index (χ0v) is 22.1. The van der Waals surface area contributed by atoms with Crippen LogP contribution >= 0.6 is 0 Å². The minimum Gasteiger partial charge on any atom is -0.379 e. The molecule has 9 nitrogen and oxygen atoms in total. The maximum absolute atomic E-state index is 12.8. The number of rotatable bonds is 4. The van der Waals surface area contributed by atoms with Crippen LogP contribution in [0.15, 0.2) is 29.5 Å². The zero-order valence-electron chi connectivity index (χ0n) is 22.1. The molecule has 1 N–H and O–H groups in total. The molecule has 0 radical (unpaired) electrons. The highest BCUT2D eigenvalue weighted by atomic mass is 16.5. The molecule has 3 aliphatic heterocycles. The summed E-state index contributed by atoms with van der Waals surface area (Å²) in [6.07, 6.45) is 13.6. The van der Waals surface area contributed by atoms with Gasteiger partial charge in [-0.05, 0) is 55.2 Å². The molecule has 0 amide bonds. The van der Waals surface area contributed by atoms with Crippen molar-refractivity contribution in [2.24, 2.45) is 10.4 Å². The Morgan fingerprint density at radius 2 is 1.76 bits per heavy atom.